The summed E-state index contributed by atoms with van der Waals surface area (Å²) in [4.78, 5) is 25.4. The van der Waals surface area contributed by atoms with E-state index in [1.165, 1.54) is 27.9 Å². The molecule has 4 aromatic carbocycles. The second kappa shape index (κ2) is 14.7. The Morgan fingerprint density at radius 1 is 0.608 bits per heavy atom. The van der Waals surface area contributed by atoms with E-state index in [1.807, 2.05) is 66.7 Å². The molecule has 6 nitrogen and oxygen atoms in total. The topological polar surface area (TPSA) is 102 Å². The molecule has 0 saturated heterocycles. The van der Waals surface area contributed by atoms with E-state index in [1.54, 1.807) is 12.1 Å². The first-order valence-corrected chi connectivity index (χ1v) is 17.8. The van der Waals surface area contributed by atoms with Crippen molar-refractivity contribution in [2.75, 3.05) is 0 Å². The van der Waals surface area contributed by atoms with Gasteiger partial charge in [-0.3, -0.25) is 18.4 Å². The zero-order chi connectivity index (χ0) is 35.3. The number of rotatable bonds is 10. The van der Waals surface area contributed by atoms with Crippen LogP contribution in [0.1, 0.15) is 44.0 Å². The second-order valence-electron chi connectivity index (χ2n) is 11.9. The number of hydrogen-bond donors (Lipinski definition) is 2. The van der Waals surface area contributed by atoms with Gasteiger partial charge in [-0.05, 0) is 17.7 Å². The van der Waals surface area contributed by atoms with Gasteiger partial charge in [0.2, 0.25) is 0 Å². The van der Waals surface area contributed by atoms with Gasteiger partial charge in [-0.1, -0.05) is 23.8 Å². The van der Waals surface area contributed by atoms with E-state index in [0.29, 0.717) is 22.5 Å². The third-order valence-corrected chi connectivity index (χ3v) is 10.3. The molecule has 5 aromatic rings. The number of nitrogens with zero attached hydrogens (tertiary/aromatic N) is 2. The first kappa shape index (κ1) is 33.2. The van der Waals surface area contributed by atoms with Gasteiger partial charge in [-0.2, -0.15) is 0 Å². The van der Waals surface area contributed by atoms with Gasteiger partial charge in [-0.15, -0.1) is 0 Å². The SMILES string of the molecule is [CH-]=C/C([NH-])=C(C1=N/C(=C(/c2ccccc2)c2ccc(/C(=C3/C=CC([C](=[Zn])c4ccccc4)=N3)c3ccccc3)[nH]2)C=C1)\c1ccc(C(=O)O)cc1. The molecule has 0 aliphatic carbocycles. The van der Waals surface area contributed by atoms with E-state index < -0.39 is 5.97 Å². The van der Waals surface area contributed by atoms with Crippen molar-refractivity contribution >= 4 is 38.2 Å². The molecule has 3 heterocycles. The fourth-order valence-corrected chi connectivity index (χ4v) is 7.09. The van der Waals surface area contributed by atoms with Crippen molar-refractivity contribution in [1.29, 1.82) is 0 Å². The number of H-pyrrole nitrogens is 1. The molecule has 7 heteroatoms. The van der Waals surface area contributed by atoms with E-state index in [0.717, 1.165) is 62.9 Å². The molecule has 3 N–H and O–H groups in total. The predicted octanol–water partition coefficient (Wildman–Crippen LogP) is 9.47. The van der Waals surface area contributed by atoms with Crippen LogP contribution in [0.3, 0.4) is 0 Å². The Hall–Kier alpha value is -6.30. The number of carboxylic acids is 1. The fraction of sp³-hybridized carbons (Fsp3) is 0. The number of allylic oxidation sites excluding steroid dienone is 6. The Morgan fingerprint density at radius 2 is 1.06 bits per heavy atom. The van der Waals surface area contributed by atoms with Crippen molar-refractivity contribution in [2.24, 2.45) is 9.98 Å². The fourth-order valence-electron chi connectivity index (χ4n) is 6.18. The quantitative estimate of drug-likeness (QED) is 0.0857. The number of aromatic nitrogens is 1. The smallest absolute Gasteiger partial charge is 0.478 e. The second-order valence-corrected chi connectivity index (χ2v) is 13.4. The number of benzene rings is 4. The molecule has 2 aliphatic rings. The number of hydrogen-bond acceptors (Lipinski definition) is 3. The van der Waals surface area contributed by atoms with Crippen molar-refractivity contribution in [3.63, 3.8) is 0 Å². The summed E-state index contributed by atoms with van der Waals surface area (Å²) in [5, 5.41) is 9.40. The molecule has 51 heavy (non-hydrogen) atoms. The summed E-state index contributed by atoms with van der Waals surface area (Å²) < 4.78 is 1.23. The number of aromatic amines is 1. The average molecular weight is 712 g/mol. The molecule has 0 saturated carbocycles. The van der Waals surface area contributed by atoms with Crippen molar-refractivity contribution in [3.05, 3.63) is 226 Å². The Kier molecular flexibility index (Phi) is 9.55. The first-order chi connectivity index (χ1) is 24.9. The molecule has 0 spiro atoms. The van der Waals surface area contributed by atoms with Gasteiger partial charge in [0.05, 0.1) is 5.56 Å². The summed E-state index contributed by atoms with van der Waals surface area (Å²) in [6.07, 6.45) is 9.22. The number of aliphatic imine (C=N–C) groups is 2. The van der Waals surface area contributed by atoms with Crippen LogP contribution in [0.15, 0.2) is 185 Å². The van der Waals surface area contributed by atoms with Crippen LogP contribution in [0.4, 0.5) is 0 Å². The normalized spacial score (nSPS) is 16.0. The summed E-state index contributed by atoms with van der Waals surface area (Å²) in [5.41, 5.74) is 20.0. The monoisotopic (exact) mass is 710 g/mol. The standard InChI is InChI=1S/C44H31N4O2.Zn/c1-2-35(45)41(32-18-20-33(21-19-32)44(49)50)36-24-25-39(47-36)43(31-16-10-5-11-17-31)40-27-26-38(48-40)42(30-14-8-4-9-15-30)37-23-22-34(46-37)28-29-12-6-3-7-13-29;/h1-27H,(H4,45,46,47,48,49,50);/q-1;/p-1. The summed E-state index contributed by atoms with van der Waals surface area (Å²) in [6, 6.07) is 41.3. The molecule has 0 amide bonds. The van der Waals surface area contributed by atoms with Crippen molar-refractivity contribution in [3.8, 4) is 0 Å². The zero-order valence-electron chi connectivity index (χ0n) is 27.5. The Morgan fingerprint density at radius 3 is 1.55 bits per heavy atom. The van der Waals surface area contributed by atoms with Crippen molar-refractivity contribution < 1.29 is 27.8 Å². The molecule has 0 bridgehead atoms. The summed E-state index contributed by atoms with van der Waals surface area (Å²) in [7, 11) is 0. The molecule has 0 radical (unpaired) electrons. The number of carboxylic acid groups (broad SMARTS) is 1. The van der Waals surface area contributed by atoms with Crippen molar-refractivity contribution in [1.82, 2.24) is 4.98 Å². The first-order valence-electron chi connectivity index (χ1n) is 16.3. The maximum atomic E-state index is 11.5. The molecular formula is C44H30N4O2Zn-2. The third-order valence-electron chi connectivity index (χ3n) is 8.69. The van der Waals surface area contributed by atoms with Crippen LogP contribution in [0.2, 0.25) is 0 Å². The third kappa shape index (κ3) is 6.93. The average Bonchev–Trinajstić information content (AvgIpc) is 3.96. The minimum absolute atomic E-state index is 0.0805. The Labute approximate surface area is 306 Å². The van der Waals surface area contributed by atoms with E-state index in [2.05, 4.69) is 65.7 Å². The maximum absolute atomic E-state index is 11.5. The van der Waals surface area contributed by atoms with E-state index >= 15 is 0 Å². The minimum atomic E-state index is -1.02. The van der Waals surface area contributed by atoms with E-state index in [-0.39, 0.29) is 11.3 Å². The van der Waals surface area contributed by atoms with E-state index in [4.69, 9.17) is 22.3 Å². The number of carbonyl (C=O) groups is 1. The molecular weight excluding hydrogens is 682 g/mol. The predicted molar refractivity (Wildman–Crippen MR) is 203 cm³/mol. The van der Waals surface area contributed by atoms with Crippen LogP contribution in [0, 0.1) is 6.58 Å². The van der Waals surface area contributed by atoms with Crippen LogP contribution in [0.5, 0.6) is 0 Å². The number of aromatic carboxylic acids is 1. The van der Waals surface area contributed by atoms with Crippen LogP contribution >= 0.6 is 0 Å². The summed E-state index contributed by atoms with van der Waals surface area (Å²) in [5.74, 6) is -1.02. The summed E-state index contributed by atoms with van der Waals surface area (Å²) >= 11 is 0.980. The molecule has 0 unspecified atom stereocenters. The van der Waals surface area contributed by atoms with Gasteiger partial charge in [0.25, 0.3) is 0 Å². The van der Waals surface area contributed by atoms with Crippen LogP contribution in [0.25, 0.3) is 22.5 Å². The Balaban J connectivity index is 1.34. The van der Waals surface area contributed by atoms with Crippen LogP contribution in [-0.2, 0) is 17.9 Å². The Bertz CT molecular complexity index is 2390. The molecule has 0 atom stereocenters. The zero-order valence-corrected chi connectivity index (χ0v) is 30.5. The van der Waals surface area contributed by atoms with Gasteiger partial charge in [0.15, 0.2) is 0 Å². The van der Waals surface area contributed by atoms with Crippen LogP contribution in [-0.4, -0.2) is 31.6 Å². The number of nitrogens with one attached hydrogen (secondary N) is 2. The molecule has 1 aromatic heterocycles. The van der Waals surface area contributed by atoms with Gasteiger partial charge < -0.3 is 10.8 Å². The minimum Gasteiger partial charge on any atom is -0.478 e. The molecule has 7 rings (SSSR count). The van der Waals surface area contributed by atoms with Gasteiger partial charge in [-0.25, -0.2) is 4.79 Å². The molecule has 2 aliphatic heterocycles. The van der Waals surface area contributed by atoms with Gasteiger partial charge in [0.1, 0.15) is 0 Å². The van der Waals surface area contributed by atoms with E-state index in [9.17, 15) is 9.90 Å². The van der Waals surface area contributed by atoms with Crippen LogP contribution < -0.4 is 0 Å². The molecule has 242 valence electrons. The molecule has 0 fully saturated rings. The van der Waals surface area contributed by atoms with Gasteiger partial charge in [0, 0.05) is 0 Å². The summed E-state index contributed by atoms with van der Waals surface area (Å²) in [6.45, 7) is 5.84. The van der Waals surface area contributed by atoms with Gasteiger partial charge >= 0.3 is 226 Å². The van der Waals surface area contributed by atoms with Crippen molar-refractivity contribution in [2.45, 2.75) is 0 Å².